The maximum Gasteiger partial charge on any atom is 1.00 e. The van der Waals surface area contributed by atoms with Crippen molar-refractivity contribution in [2.45, 2.75) is 18.7 Å². The molecular weight excluding hydrogens is 392 g/mol. The number of halogens is 3. The number of rotatable bonds is 3. The molecule has 2 aromatic carbocycles. The molecule has 0 saturated heterocycles. The second-order valence-electron chi connectivity index (χ2n) is 4.59. The number of Topliss-reactive ketones (excluding diaryl/α,β-unsaturated/α-hetero) is 2. The summed E-state index contributed by atoms with van der Waals surface area (Å²) in [6.45, 7) is 2.72. The second-order valence-corrected chi connectivity index (χ2v) is 5.44. The maximum absolute atomic E-state index is 13.0. The summed E-state index contributed by atoms with van der Waals surface area (Å²) >= 11 is 5.41. The minimum atomic E-state index is -0.988. The van der Waals surface area contributed by atoms with Crippen LogP contribution >= 0.6 is 11.8 Å². The molecule has 136 valence electrons. The average molecular weight is 410 g/mol. The Morgan fingerprint density at radius 1 is 0.808 bits per heavy atom. The summed E-state index contributed by atoms with van der Waals surface area (Å²) in [5, 5.41) is 0. The predicted molar refractivity (Wildman–Crippen MR) is 97.8 cm³/mol. The van der Waals surface area contributed by atoms with E-state index in [1.807, 2.05) is 0 Å². The molecule has 0 aromatic heterocycles. The average Bonchev–Trinajstić information content (AvgIpc) is 2.59. The van der Waals surface area contributed by atoms with E-state index in [0.717, 1.165) is 12.1 Å². The van der Waals surface area contributed by atoms with Gasteiger partial charge in [-0.2, -0.15) is 6.26 Å². The summed E-state index contributed by atoms with van der Waals surface area (Å²) in [6.07, 6.45) is 3.38. The zero-order valence-corrected chi connectivity index (χ0v) is 18.9. The van der Waals surface area contributed by atoms with Crippen molar-refractivity contribution in [2.75, 3.05) is 12.5 Å². The number of thioether (sulfide) groups is 1. The SMILES string of the molecule is CC(=O)c1ccc(F)c(F)c1.CSc1ccc(C(C)=O)cc1F.C[S-].[Na+]. The first kappa shape index (κ1) is 27.5. The van der Waals surface area contributed by atoms with Gasteiger partial charge in [-0.3, -0.25) is 9.59 Å². The van der Waals surface area contributed by atoms with E-state index in [9.17, 15) is 22.8 Å². The Labute approximate surface area is 183 Å². The normalized spacial score (nSPS) is 8.92. The van der Waals surface area contributed by atoms with Crippen LogP contribution in [0, 0.1) is 17.5 Å². The first-order valence-corrected chi connectivity index (χ1v) is 9.01. The standard InChI is InChI=1S/C9H9FOS.C8H6F2O.CH4S.Na/c1-6(11)7-3-4-9(12-2)8(10)5-7;1-5(11)6-2-3-7(9)8(10)4-6;1-2;/h3-5H,1-2H3;2-4H,1H3;2H,1H3;/q;;;+1/p-1. The van der Waals surface area contributed by atoms with E-state index in [-0.39, 0.29) is 52.5 Å². The first-order chi connectivity index (χ1) is 11.8. The number of ketones is 2. The van der Waals surface area contributed by atoms with Gasteiger partial charge < -0.3 is 12.6 Å². The molecule has 0 fully saturated rings. The Morgan fingerprint density at radius 2 is 1.23 bits per heavy atom. The smallest absolute Gasteiger partial charge is 0.796 e. The third-order valence-electron chi connectivity index (χ3n) is 2.88. The van der Waals surface area contributed by atoms with Crippen LogP contribution in [0.1, 0.15) is 34.6 Å². The van der Waals surface area contributed by atoms with Crippen LogP contribution in [0.4, 0.5) is 13.2 Å². The Kier molecular flexibility index (Phi) is 15.2. The summed E-state index contributed by atoms with van der Waals surface area (Å²) in [7, 11) is 0. The number of carbonyl (C=O) groups is 2. The molecule has 8 heteroatoms. The molecule has 0 atom stereocenters. The zero-order valence-electron chi connectivity index (χ0n) is 15.2. The third-order valence-corrected chi connectivity index (χ3v) is 3.66. The second kappa shape index (κ2) is 14.3. The molecular formula is C18H18F3NaO2S2. The minimum absolute atomic E-state index is 0. The Bertz CT molecular complexity index is 740. The fourth-order valence-electron chi connectivity index (χ4n) is 1.60. The van der Waals surface area contributed by atoms with Crippen LogP contribution in [0.15, 0.2) is 41.3 Å². The summed E-state index contributed by atoms with van der Waals surface area (Å²) in [5.74, 6) is -2.63. The Morgan fingerprint density at radius 3 is 1.58 bits per heavy atom. The van der Waals surface area contributed by atoms with Crippen molar-refractivity contribution in [1.29, 1.82) is 0 Å². The molecule has 0 unspecified atom stereocenters. The largest absolute Gasteiger partial charge is 1.00 e. The third kappa shape index (κ3) is 9.28. The first-order valence-electron chi connectivity index (χ1n) is 6.97. The quantitative estimate of drug-likeness (QED) is 0.336. The van der Waals surface area contributed by atoms with Crippen molar-refractivity contribution in [3.63, 3.8) is 0 Å². The fourth-order valence-corrected chi connectivity index (χ4v) is 2.06. The molecule has 0 aliphatic carbocycles. The number of benzene rings is 2. The van der Waals surface area contributed by atoms with Crippen LogP contribution in [0.25, 0.3) is 0 Å². The van der Waals surface area contributed by atoms with Crippen molar-refractivity contribution in [1.82, 2.24) is 0 Å². The van der Waals surface area contributed by atoms with E-state index in [1.54, 1.807) is 24.6 Å². The van der Waals surface area contributed by atoms with Gasteiger partial charge in [0.2, 0.25) is 0 Å². The molecule has 26 heavy (non-hydrogen) atoms. The van der Waals surface area contributed by atoms with E-state index >= 15 is 0 Å². The van der Waals surface area contributed by atoms with Gasteiger partial charge in [-0.05, 0) is 50.4 Å². The Hall–Kier alpha value is -0.730. The number of hydrogen-bond acceptors (Lipinski definition) is 4. The van der Waals surface area contributed by atoms with Gasteiger partial charge in [0.25, 0.3) is 0 Å². The van der Waals surface area contributed by atoms with Crippen molar-refractivity contribution >= 4 is 36.0 Å². The van der Waals surface area contributed by atoms with Gasteiger partial charge in [0.1, 0.15) is 5.82 Å². The maximum atomic E-state index is 13.0. The van der Waals surface area contributed by atoms with Gasteiger partial charge in [0.05, 0.1) is 0 Å². The molecule has 2 aromatic rings. The predicted octanol–water partition coefficient (Wildman–Crippen LogP) is 2.08. The molecule has 0 bridgehead atoms. The van der Waals surface area contributed by atoms with Crippen LogP contribution < -0.4 is 29.6 Å². The van der Waals surface area contributed by atoms with E-state index in [2.05, 4.69) is 12.6 Å². The van der Waals surface area contributed by atoms with Gasteiger partial charge in [0.15, 0.2) is 23.2 Å². The zero-order chi connectivity index (χ0) is 19.6. The number of hydrogen-bond donors (Lipinski definition) is 0. The van der Waals surface area contributed by atoms with Crippen molar-refractivity contribution in [3.8, 4) is 0 Å². The van der Waals surface area contributed by atoms with E-state index in [0.29, 0.717) is 10.5 Å². The van der Waals surface area contributed by atoms with Crippen LogP contribution in [-0.4, -0.2) is 24.1 Å². The minimum Gasteiger partial charge on any atom is -0.796 e. The van der Waals surface area contributed by atoms with E-state index in [1.165, 1.54) is 37.7 Å². The van der Waals surface area contributed by atoms with Gasteiger partial charge >= 0.3 is 29.6 Å². The van der Waals surface area contributed by atoms with Gasteiger partial charge in [-0.15, -0.1) is 11.8 Å². The summed E-state index contributed by atoms with van der Waals surface area (Å²) in [6, 6.07) is 7.60. The summed E-state index contributed by atoms with van der Waals surface area (Å²) < 4.78 is 37.7. The molecule has 0 heterocycles. The van der Waals surface area contributed by atoms with Gasteiger partial charge in [0, 0.05) is 16.0 Å². The van der Waals surface area contributed by atoms with E-state index < -0.39 is 11.6 Å². The molecule has 0 aliphatic heterocycles. The molecule has 0 spiro atoms. The Balaban J connectivity index is 0. The number of carbonyl (C=O) groups excluding carboxylic acids is 2. The molecule has 0 radical (unpaired) electrons. The monoisotopic (exact) mass is 410 g/mol. The summed E-state index contributed by atoms with van der Waals surface area (Å²) in [4.78, 5) is 22.0. The summed E-state index contributed by atoms with van der Waals surface area (Å²) in [5.41, 5.74) is 0.606. The van der Waals surface area contributed by atoms with Crippen LogP contribution in [0.5, 0.6) is 0 Å². The molecule has 2 rings (SSSR count). The van der Waals surface area contributed by atoms with Gasteiger partial charge in [-0.25, -0.2) is 13.2 Å². The topological polar surface area (TPSA) is 34.1 Å². The van der Waals surface area contributed by atoms with Crippen molar-refractivity contribution < 1.29 is 52.3 Å². The van der Waals surface area contributed by atoms with Crippen LogP contribution in [-0.2, 0) is 12.6 Å². The fraction of sp³-hybridized carbons (Fsp3) is 0.222. The molecule has 0 aliphatic rings. The molecule has 2 nitrogen and oxygen atoms in total. The van der Waals surface area contributed by atoms with E-state index in [4.69, 9.17) is 0 Å². The molecule has 0 N–H and O–H groups in total. The molecule has 0 amide bonds. The van der Waals surface area contributed by atoms with Crippen LogP contribution in [0.2, 0.25) is 0 Å². The van der Waals surface area contributed by atoms with Crippen molar-refractivity contribution in [2.24, 2.45) is 0 Å². The van der Waals surface area contributed by atoms with Crippen LogP contribution in [0.3, 0.4) is 0 Å². The van der Waals surface area contributed by atoms with Gasteiger partial charge in [-0.1, -0.05) is 6.07 Å². The molecule has 0 saturated carbocycles. The van der Waals surface area contributed by atoms with Crippen molar-refractivity contribution in [3.05, 3.63) is 65.0 Å².